The van der Waals surface area contributed by atoms with Gasteiger partial charge in [0, 0.05) is 17.8 Å². The molecule has 2 aliphatic carbocycles. The van der Waals surface area contributed by atoms with Crippen molar-refractivity contribution in [2.45, 2.75) is 50.9 Å². The van der Waals surface area contributed by atoms with Crippen molar-refractivity contribution >= 4 is 27.4 Å². The van der Waals surface area contributed by atoms with Gasteiger partial charge in [0.15, 0.2) is 0 Å². The van der Waals surface area contributed by atoms with Crippen molar-refractivity contribution < 1.29 is 0 Å². The second-order valence-corrected chi connectivity index (χ2v) is 6.78. The van der Waals surface area contributed by atoms with Crippen LogP contribution in [-0.4, -0.2) is 17.0 Å². The zero-order chi connectivity index (χ0) is 12.8. The summed E-state index contributed by atoms with van der Waals surface area (Å²) in [6.45, 7) is 0. The van der Waals surface area contributed by atoms with Gasteiger partial charge in [0.2, 0.25) is 0 Å². The first-order valence-corrected chi connectivity index (χ1v) is 8.18. The van der Waals surface area contributed by atoms with Crippen LogP contribution in [0.3, 0.4) is 0 Å². The number of fused-ring (bicyclic) bond motifs is 3. The van der Waals surface area contributed by atoms with Crippen LogP contribution in [0, 0.1) is 0 Å². The lowest BCUT2D eigenvalue weighted by molar-refractivity contribution is 0.403. The number of anilines is 1. The highest BCUT2D eigenvalue weighted by atomic mass is 32.1. The van der Waals surface area contributed by atoms with Crippen LogP contribution in [0.1, 0.15) is 54.3 Å². The van der Waals surface area contributed by atoms with E-state index in [-0.39, 0.29) is 0 Å². The molecule has 2 heterocycles. The second-order valence-electron chi connectivity index (χ2n) is 5.70. The van der Waals surface area contributed by atoms with Gasteiger partial charge in [0.25, 0.3) is 0 Å². The van der Waals surface area contributed by atoms with Gasteiger partial charge in [-0.1, -0.05) is 6.42 Å². The highest BCUT2D eigenvalue weighted by Gasteiger charge is 2.26. The number of aryl methyl sites for hydroxylation is 2. The second kappa shape index (κ2) is 4.44. The first kappa shape index (κ1) is 11.6. The molecular weight excluding hydrogens is 254 g/mol. The van der Waals surface area contributed by atoms with Crippen molar-refractivity contribution in [2.24, 2.45) is 0 Å². The molecule has 0 atom stereocenters. The van der Waals surface area contributed by atoms with Gasteiger partial charge in [-0.2, -0.15) is 0 Å². The van der Waals surface area contributed by atoms with Crippen molar-refractivity contribution in [3.8, 4) is 0 Å². The lowest BCUT2D eigenvalue weighted by Gasteiger charge is -2.24. The maximum atomic E-state index is 4.88. The number of nitrogens with zero attached hydrogens (tertiary/aromatic N) is 2. The van der Waals surface area contributed by atoms with Crippen LogP contribution in [0.5, 0.6) is 0 Å². The fraction of sp³-hybridized carbons (Fsp3) is 0.600. The SMILES string of the molecule is CNc1nc(C2CCC2)nc2sc3c(c12)CCCC3. The topological polar surface area (TPSA) is 37.8 Å². The summed E-state index contributed by atoms with van der Waals surface area (Å²) in [6.07, 6.45) is 8.94. The van der Waals surface area contributed by atoms with Gasteiger partial charge >= 0.3 is 0 Å². The Morgan fingerprint density at radius 2 is 1.95 bits per heavy atom. The molecule has 1 saturated carbocycles. The lowest BCUT2D eigenvalue weighted by Crippen LogP contribution is -2.13. The Morgan fingerprint density at radius 1 is 1.11 bits per heavy atom. The smallest absolute Gasteiger partial charge is 0.138 e. The van der Waals surface area contributed by atoms with E-state index in [1.807, 2.05) is 18.4 Å². The maximum absolute atomic E-state index is 4.88. The molecule has 3 nitrogen and oxygen atoms in total. The number of thiophene rings is 1. The Hall–Kier alpha value is -1.16. The molecule has 0 aliphatic heterocycles. The standard InChI is InChI=1S/C15H19N3S/c1-16-14-12-10-7-2-3-8-11(10)19-15(12)18-13(17-14)9-5-4-6-9/h9H,2-8H2,1H3,(H,16,17,18). The Balaban J connectivity index is 1.92. The van der Waals surface area contributed by atoms with Crippen LogP contribution in [-0.2, 0) is 12.8 Å². The number of hydrogen-bond acceptors (Lipinski definition) is 4. The van der Waals surface area contributed by atoms with Crippen LogP contribution in [0.15, 0.2) is 0 Å². The number of rotatable bonds is 2. The van der Waals surface area contributed by atoms with E-state index >= 15 is 0 Å². The first-order valence-electron chi connectivity index (χ1n) is 7.36. The van der Waals surface area contributed by atoms with Gasteiger partial charge in [0.1, 0.15) is 16.5 Å². The quantitative estimate of drug-likeness (QED) is 0.902. The molecule has 0 spiro atoms. The third-order valence-corrected chi connectivity index (χ3v) is 5.72. The van der Waals surface area contributed by atoms with Crippen molar-refractivity contribution in [3.63, 3.8) is 0 Å². The van der Waals surface area contributed by atoms with Crippen molar-refractivity contribution in [3.05, 3.63) is 16.3 Å². The summed E-state index contributed by atoms with van der Waals surface area (Å²) < 4.78 is 0. The van der Waals surface area contributed by atoms with Crippen molar-refractivity contribution in [1.82, 2.24) is 9.97 Å². The van der Waals surface area contributed by atoms with Gasteiger partial charge < -0.3 is 5.32 Å². The molecule has 0 radical (unpaired) electrons. The number of aromatic nitrogens is 2. The van der Waals surface area contributed by atoms with Gasteiger partial charge in [-0.3, -0.25) is 0 Å². The van der Waals surface area contributed by atoms with E-state index in [1.165, 1.54) is 60.7 Å². The van der Waals surface area contributed by atoms with Crippen molar-refractivity contribution in [2.75, 3.05) is 12.4 Å². The van der Waals surface area contributed by atoms with Crippen LogP contribution in [0.4, 0.5) is 5.82 Å². The first-order chi connectivity index (χ1) is 9.36. The third kappa shape index (κ3) is 1.76. The van der Waals surface area contributed by atoms with Crippen LogP contribution < -0.4 is 5.32 Å². The normalized spacial score (nSPS) is 19.2. The fourth-order valence-corrected chi connectivity index (χ4v) is 4.47. The Kier molecular flexibility index (Phi) is 2.72. The minimum absolute atomic E-state index is 0.607. The summed E-state index contributed by atoms with van der Waals surface area (Å²) in [5.41, 5.74) is 1.52. The van der Waals surface area contributed by atoms with Crippen LogP contribution in [0.2, 0.25) is 0 Å². The van der Waals surface area contributed by atoms with E-state index in [1.54, 1.807) is 4.88 Å². The predicted molar refractivity (Wildman–Crippen MR) is 80.2 cm³/mol. The maximum Gasteiger partial charge on any atom is 0.138 e. The van der Waals surface area contributed by atoms with Crippen molar-refractivity contribution in [1.29, 1.82) is 0 Å². The average molecular weight is 273 g/mol. The minimum Gasteiger partial charge on any atom is -0.372 e. The van der Waals surface area contributed by atoms with E-state index in [2.05, 4.69) is 5.32 Å². The molecule has 1 fully saturated rings. The van der Waals surface area contributed by atoms with E-state index in [4.69, 9.17) is 9.97 Å². The Bertz CT molecular complexity index is 628. The molecule has 0 aromatic carbocycles. The van der Waals surface area contributed by atoms with Gasteiger partial charge in [-0.25, -0.2) is 9.97 Å². The molecular formula is C15H19N3S. The zero-order valence-corrected chi connectivity index (χ0v) is 12.1. The van der Waals surface area contributed by atoms with E-state index in [0.717, 1.165) is 11.6 Å². The molecule has 0 unspecified atom stereocenters. The van der Waals surface area contributed by atoms with Gasteiger partial charge in [-0.15, -0.1) is 11.3 Å². The zero-order valence-electron chi connectivity index (χ0n) is 11.3. The summed E-state index contributed by atoms with van der Waals surface area (Å²) in [7, 11) is 1.99. The molecule has 2 aromatic rings. The third-order valence-electron chi connectivity index (χ3n) is 4.54. The highest BCUT2D eigenvalue weighted by Crippen LogP contribution is 2.41. The summed E-state index contributed by atoms with van der Waals surface area (Å²) in [6, 6.07) is 0. The number of nitrogens with one attached hydrogen (secondary N) is 1. The minimum atomic E-state index is 0.607. The molecule has 0 bridgehead atoms. The molecule has 4 heteroatoms. The predicted octanol–water partition coefficient (Wildman–Crippen LogP) is 3.88. The Morgan fingerprint density at radius 3 is 2.68 bits per heavy atom. The molecule has 2 aliphatic rings. The summed E-state index contributed by atoms with van der Waals surface area (Å²) in [4.78, 5) is 12.5. The summed E-state index contributed by atoms with van der Waals surface area (Å²) >= 11 is 1.90. The summed E-state index contributed by atoms with van der Waals surface area (Å²) in [5.74, 6) is 2.74. The lowest BCUT2D eigenvalue weighted by atomic mass is 9.85. The molecule has 0 amide bonds. The number of hydrogen-bond donors (Lipinski definition) is 1. The van der Waals surface area contributed by atoms with E-state index < -0.39 is 0 Å². The largest absolute Gasteiger partial charge is 0.372 e. The van der Waals surface area contributed by atoms with Crippen LogP contribution in [0.25, 0.3) is 10.2 Å². The monoisotopic (exact) mass is 273 g/mol. The highest BCUT2D eigenvalue weighted by molar-refractivity contribution is 7.19. The fourth-order valence-electron chi connectivity index (χ4n) is 3.20. The molecule has 1 N–H and O–H groups in total. The molecule has 4 rings (SSSR count). The van der Waals surface area contributed by atoms with E-state index in [0.29, 0.717) is 5.92 Å². The Labute approximate surface area is 117 Å². The van der Waals surface area contributed by atoms with E-state index in [9.17, 15) is 0 Å². The molecule has 19 heavy (non-hydrogen) atoms. The average Bonchev–Trinajstić information content (AvgIpc) is 2.74. The van der Waals surface area contributed by atoms with Gasteiger partial charge in [0.05, 0.1) is 5.39 Å². The summed E-state index contributed by atoms with van der Waals surface area (Å²) in [5, 5.41) is 4.62. The van der Waals surface area contributed by atoms with Gasteiger partial charge in [-0.05, 0) is 44.1 Å². The van der Waals surface area contributed by atoms with Crippen LogP contribution >= 0.6 is 11.3 Å². The molecule has 0 saturated heterocycles. The molecule has 2 aromatic heterocycles. The molecule has 100 valence electrons.